The van der Waals surface area contributed by atoms with E-state index < -0.39 is 21.3 Å². The van der Waals surface area contributed by atoms with E-state index in [0.717, 1.165) is 51.4 Å². The lowest BCUT2D eigenvalue weighted by Crippen LogP contribution is -2.23. The van der Waals surface area contributed by atoms with Gasteiger partial charge in [0.25, 0.3) is 0 Å². The van der Waals surface area contributed by atoms with Crippen LogP contribution in [0, 0.1) is 5.92 Å². The normalized spacial score (nSPS) is 13.9. The van der Waals surface area contributed by atoms with Crippen LogP contribution in [0.25, 0.3) is 0 Å². The molecule has 0 aromatic carbocycles. The molecular formula is C20H44O7P2. The van der Waals surface area contributed by atoms with Crippen LogP contribution < -0.4 is 0 Å². The van der Waals surface area contributed by atoms with Crippen LogP contribution in [0.2, 0.25) is 0 Å². The molecule has 0 amide bonds. The van der Waals surface area contributed by atoms with Crippen molar-refractivity contribution in [2.24, 2.45) is 5.92 Å². The van der Waals surface area contributed by atoms with Crippen molar-refractivity contribution in [1.82, 2.24) is 0 Å². The Kier molecular flexibility index (Phi) is 17.0. The number of hydrogen-bond donors (Lipinski definition) is 0. The Bertz CT molecular complexity index is 457. The summed E-state index contributed by atoms with van der Waals surface area (Å²) >= 11 is 0. The molecule has 176 valence electrons. The van der Waals surface area contributed by atoms with Gasteiger partial charge in [-0.15, -0.1) is 0 Å². The third kappa shape index (κ3) is 12.6. The van der Waals surface area contributed by atoms with Gasteiger partial charge in [-0.05, 0) is 31.6 Å². The maximum absolute atomic E-state index is 13.6. The van der Waals surface area contributed by atoms with Gasteiger partial charge in [0.05, 0.1) is 26.4 Å². The molecule has 0 fully saturated rings. The van der Waals surface area contributed by atoms with Gasteiger partial charge in [0, 0.05) is 0 Å². The van der Waals surface area contributed by atoms with E-state index in [4.69, 9.17) is 22.6 Å². The molecule has 0 saturated carbocycles. The standard InChI is InChI=1S/C20H44O7P2/c1-7-11-15-23-28(21,24-16-12-8-2)20(19(5)6)27-29(22,25-17-13-9-3)26-18-14-10-4/h19-20H,7-18H2,1-6H3. The van der Waals surface area contributed by atoms with Crippen molar-refractivity contribution in [2.45, 2.75) is 98.8 Å². The van der Waals surface area contributed by atoms with Crippen LogP contribution in [0.5, 0.6) is 0 Å². The van der Waals surface area contributed by atoms with Crippen LogP contribution in [0.1, 0.15) is 92.9 Å². The van der Waals surface area contributed by atoms with E-state index in [1.54, 1.807) is 0 Å². The molecule has 0 saturated heterocycles. The highest BCUT2D eigenvalue weighted by Gasteiger charge is 2.45. The number of unbranched alkanes of at least 4 members (excludes halogenated alkanes) is 4. The van der Waals surface area contributed by atoms with Crippen molar-refractivity contribution in [3.8, 4) is 0 Å². The summed E-state index contributed by atoms with van der Waals surface area (Å²) < 4.78 is 55.2. The Morgan fingerprint density at radius 3 is 1.28 bits per heavy atom. The summed E-state index contributed by atoms with van der Waals surface area (Å²) in [6.45, 7) is 12.9. The molecule has 0 aliphatic heterocycles. The minimum atomic E-state index is -3.90. The Morgan fingerprint density at radius 2 is 0.966 bits per heavy atom. The van der Waals surface area contributed by atoms with E-state index >= 15 is 0 Å². The van der Waals surface area contributed by atoms with Crippen molar-refractivity contribution in [3.05, 3.63) is 0 Å². The maximum atomic E-state index is 13.6. The molecule has 0 aliphatic rings. The van der Waals surface area contributed by atoms with E-state index in [-0.39, 0.29) is 19.1 Å². The lowest BCUT2D eigenvalue weighted by molar-refractivity contribution is 0.0654. The van der Waals surface area contributed by atoms with Gasteiger partial charge in [-0.1, -0.05) is 67.2 Å². The third-order valence-corrected chi connectivity index (χ3v) is 8.21. The monoisotopic (exact) mass is 458 g/mol. The molecule has 0 spiro atoms. The van der Waals surface area contributed by atoms with Crippen LogP contribution in [0.3, 0.4) is 0 Å². The summed E-state index contributed by atoms with van der Waals surface area (Å²) in [6.07, 6.45) is 6.56. The first kappa shape index (κ1) is 29.3. The van der Waals surface area contributed by atoms with E-state index in [9.17, 15) is 9.13 Å². The molecule has 0 radical (unpaired) electrons. The Hall–Kier alpha value is 0.260. The van der Waals surface area contributed by atoms with E-state index in [1.807, 2.05) is 41.5 Å². The summed E-state index contributed by atoms with van der Waals surface area (Å²) in [7, 11) is -7.57. The Morgan fingerprint density at radius 1 is 0.621 bits per heavy atom. The van der Waals surface area contributed by atoms with Crippen molar-refractivity contribution in [1.29, 1.82) is 0 Å². The molecule has 0 heterocycles. The lowest BCUT2D eigenvalue weighted by atomic mass is 10.2. The van der Waals surface area contributed by atoms with Gasteiger partial charge in [0.2, 0.25) is 0 Å². The fourth-order valence-electron chi connectivity index (χ4n) is 2.27. The molecule has 29 heavy (non-hydrogen) atoms. The van der Waals surface area contributed by atoms with E-state index in [0.29, 0.717) is 13.2 Å². The number of phosphoric acid groups is 1. The van der Waals surface area contributed by atoms with Crippen molar-refractivity contribution < 1.29 is 31.7 Å². The second-order valence-electron chi connectivity index (χ2n) is 7.47. The summed E-state index contributed by atoms with van der Waals surface area (Å²) in [6, 6.07) is 0. The fraction of sp³-hybridized carbons (Fsp3) is 1.00. The predicted molar refractivity (Wildman–Crippen MR) is 118 cm³/mol. The zero-order valence-corrected chi connectivity index (χ0v) is 21.2. The van der Waals surface area contributed by atoms with Gasteiger partial charge in [-0.3, -0.25) is 18.1 Å². The second-order valence-corrected chi connectivity index (χ2v) is 11.2. The first-order valence-corrected chi connectivity index (χ1v) is 14.3. The van der Waals surface area contributed by atoms with Crippen LogP contribution in [-0.4, -0.2) is 32.3 Å². The molecule has 0 aromatic heterocycles. The van der Waals surface area contributed by atoms with Crippen molar-refractivity contribution >= 4 is 15.4 Å². The van der Waals surface area contributed by atoms with Crippen LogP contribution in [0.15, 0.2) is 0 Å². The molecular weight excluding hydrogens is 414 g/mol. The second kappa shape index (κ2) is 16.9. The highest BCUT2D eigenvalue weighted by atomic mass is 31.2. The minimum Gasteiger partial charge on any atom is -0.307 e. The zero-order chi connectivity index (χ0) is 22.2. The Balaban J connectivity index is 5.51. The molecule has 1 unspecified atom stereocenters. The van der Waals surface area contributed by atoms with Gasteiger partial charge >= 0.3 is 15.4 Å². The largest absolute Gasteiger partial charge is 0.475 e. The van der Waals surface area contributed by atoms with Gasteiger partial charge in [0.15, 0.2) is 5.85 Å². The highest BCUT2D eigenvalue weighted by molar-refractivity contribution is 7.56. The minimum absolute atomic E-state index is 0.252. The number of hydrogen-bond acceptors (Lipinski definition) is 7. The van der Waals surface area contributed by atoms with E-state index in [2.05, 4.69) is 0 Å². The first-order chi connectivity index (χ1) is 13.8. The Labute approximate surface area is 178 Å². The zero-order valence-electron chi connectivity index (χ0n) is 19.4. The predicted octanol–water partition coefficient (Wildman–Crippen LogP) is 7.55. The average Bonchev–Trinajstić information content (AvgIpc) is 2.67. The molecule has 0 aromatic rings. The average molecular weight is 459 g/mol. The van der Waals surface area contributed by atoms with Crippen LogP contribution in [0.4, 0.5) is 0 Å². The van der Waals surface area contributed by atoms with E-state index in [1.165, 1.54) is 0 Å². The maximum Gasteiger partial charge on any atom is 0.475 e. The fourth-order valence-corrected chi connectivity index (χ4v) is 6.36. The third-order valence-electron chi connectivity index (χ3n) is 4.15. The number of rotatable bonds is 20. The van der Waals surface area contributed by atoms with Gasteiger partial charge in [-0.25, -0.2) is 4.57 Å². The molecule has 0 rings (SSSR count). The van der Waals surface area contributed by atoms with Gasteiger partial charge in [-0.2, -0.15) is 0 Å². The van der Waals surface area contributed by atoms with Crippen LogP contribution in [-0.2, 0) is 31.7 Å². The smallest absolute Gasteiger partial charge is 0.307 e. The topological polar surface area (TPSA) is 80.3 Å². The van der Waals surface area contributed by atoms with Crippen LogP contribution >= 0.6 is 15.4 Å². The summed E-state index contributed by atoms with van der Waals surface area (Å²) in [5.41, 5.74) is 0. The quantitative estimate of drug-likeness (QED) is 0.138. The number of phosphoric ester groups is 1. The molecule has 9 heteroatoms. The molecule has 1 atom stereocenters. The summed E-state index contributed by atoms with van der Waals surface area (Å²) in [4.78, 5) is 0. The molecule has 7 nitrogen and oxygen atoms in total. The summed E-state index contributed by atoms with van der Waals surface area (Å²) in [5.74, 6) is -1.28. The highest BCUT2D eigenvalue weighted by Crippen LogP contribution is 2.63. The van der Waals surface area contributed by atoms with Crippen molar-refractivity contribution in [2.75, 3.05) is 26.4 Å². The molecule has 0 bridgehead atoms. The van der Waals surface area contributed by atoms with Crippen molar-refractivity contribution in [3.63, 3.8) is 0 Å². The SMILES string of the molecule is CCCCOP(=O)(OCCCC)OC(C(C)C)P(=O)(OCCCC)OCCCC. The molecule has 0 aliphatic carbocycles. The van der Waals surface area contributed by atoms with Gasteiger partial charge < -0.3 is 9.05 Å². The first-order valence-electron chi connectivity index (χ1n) is 11.2. The lowest BCUT2D eigenvalue weighted by Gasteiger charge is -2.31. The molecule has 0 N–H and O–H groups in total. The van der Waals surface area contributed by atoms with Gasteiger partial charge in [0.1, 0.15) is 0 Å². The summed E-state index contributed by atoms with van der Waals surface area (Å²) in [5, 5.41) is 0.